The van der Waals surface area contributed by atoms with Crippen molar-refractivity contribution in [3.05, 3.63) is 70.2 Å². The average molecular weight is 459 g/mol. The van der Waals surface area contributed by atoms with E-state index in [4.69, 9.17) is 33.2 Å². The third-order valence-corrected chi connectivity index (χ3v) is 6.07. The fourth-order valence-corrected chi connectivity index (χ4v) is 4.50. The number of hydrogen-bond donors (Lipinski definition) is 2. The molecule has 1 saturated carbocycles. The van der Waals surface area contributed by atoms with Crippen LogP contribution in [0.25, 0.3) is 5.69 Å². The fourth-order valence-electron chi connectivity index (χ4n) is 3.95. The zero-order chi connectivity index (χ0) is 21.9. The van der Waals surface area contributed by atoms with Gasteiger partial charge in [0.2, 0.25) is 11.6 Å². The second kappa shape index (κ2) is 7.08. The summed E-state index contributed by atoms with van der Waals surface area (Å²) in [5.74, 6) is 1.09. The van der Waals surface area contributed by atoms with E-state index in [9.17, 15) is 14.4 Å². The Bertz CT molecular complexity index is 1440. The fraction of sp³-hybridized carbons (Fsp3) is 0.263. The molecule has 2 atom stereocenters. The van der Waals surface area contributed by atoms with Crippen molar-refractivity contribution in [2.45, 2.75) is 25.2 Å². The molecule has 2 aromatic heterocycles. The van der Waals surface area contributed by atoms with Gasteiger partial charge in [0.05, 0.1) is 15.7 Å². The summed E-state index contributed by atoms with van der Waals surface area (Å²) in [5, 5.41) is 19.3. The number of aromatic amines is 2. The Kier molecular flexibility index (Phi) is 4.46. The highest BCUT2D eigenvalue weighted by molar-refractivity contribution is 6.37. The van der Waals surface area contributed by atoms with E-state index < -0.39 is 16.9 Å². The molecule has 10 nitrogen and oxygen atoms in total. The quantitative estimate of drug-likeness (QED) is 0.609. The molecular formula is C19H12Cl2N6O4. The molecule has 156 valence electrons. The normalized spacial score (nSPS) is 18.6. The molecule has 2 aliphatic carbocycles. The van der Waals surface area contributed by atoms with Gasteiger partial charge in [-0.05, 0) is 43.2 Å². The lowest BCUT2D eigenvalue weighted by atomic mass is 9.94. The molecule has 1 aromatic carbocycles. The maximum Gasteiger partial charge on any atom is 0.349 e. The van der Waals surface area contributed by atoms with Crippen LogP contribution in [0.3, 0.4) is 0 Å². The van der Waals surface area contributed by atoms with Crippen LogP contribution in [0.5, 0.6) is 11.6 Å². The lowest BCUT2D eigenvalue weighted by molar-refractivity contribution is 0.441. The van der Waals surface area contributed by atoms with Gasteiger partial charge in [-0.2, -0.15) is 9.94 Å². The van der Waals surface area contributed by atoms with Crippen molar-refractivity contribution in [3.63, 3.8) is 0 Å². The number of nitrogens with one attached hydrogen (secondary N) is 2. The van der Waals surface area contributed by atoms with Gasteiger partial charge in [-0.1, -0.05) is 23.2 Å². The predicted octanol–water partition coefficient (Wildman–Crippen LogP) is 2.02. The third-order valence-electron chi connectivity index (χ3n) is 5.51. The van der Waals surface area contributed by atoms with E-state index >= 15 is 0 Å². The number of benzene rings is 1. The summed E-state index contributed by atoms with van der Waals surface area (Å²) >= 11 is 12.7. The van der Waals surface area contributed by atoms with Crippen LogP contribution < -0.4 is 21.5 Å². The molecule has 3 aromatic rings. The molecule has 2 N–H and O–H groups in total. The number of nitriles is 1. The van der Waals surface area contributed by atoms with E-state index in [2.05, 4.69) is 15.3 Å². The number of nitrogens with zero attached hydrogens (tertiary/aromatic N) is 4. The van der Waals surface area contributed by atoms with Crippen LogP contribution in [0.15, 0.2) is 26.5 Å². The van der Waals surface area contributed by atoms with E-state index in [1.54, 1.807) is 6.07 Å². The first-order valence-electron chi connectivity index (χ1n) is 9.30. The largest absolute Gasteiger partial charge is 0.434 e. The SMILES string of the molecule is N#Cc1nn(-c2cc(Cl)c(Oc3n[nH]c(=O)c4c3C3CC3CC4)c(Cl)c2)c(=O)[nH]c1=O. The minimum absolute atomic E-state index is 0.0471. The number of aromatic nitrogens is 5. The minimum atomic E-state index is -0.895. The van der Waals surface area contributed by atoms with Crippen LogP contribution in [-0.4, -0.2) is 25.0 Å². The Morgan fingerprint density at radius 2 is 1.94 bits per heavy atom. The van der Waals surface area contributed by atoms with Crippen molar-refractivity contribution in [2.75, 3.05) is 0 Å². The standard InChI is InChI=1S/C19H12Cl2N6O4/c20-11-4-8(27-19(30)23-17(29)13(6-22)26-27)5-12(21)15(11)31-18-14-9(16(28)24-25-18)2-1-7-3-10(7)14/h4-5,7,10H,1-3H2,(H,24,28)(H,23,29,30). The molecule has 0 amide bonds. The summed E-state index contributed by atoms with van der Waals surface area (Å²) in [4.78, 5) is 37.8. The summed E-state index contributed by atoms with van der Waals surface area (Å²) in [5.41, 5.74) is -0.894. The summed E-state index contributed by atoms with van der Waals surface area (Å²) in [7, 11) is 0. The molecule has 2 heterocycles. The highest BCUT2D eigenvalue weighted by Crippen LogP contribution is 2.56. The van der Waals surface area contributed by atoms with E-state index in [0.717, 1.165) is 23.1 Å². The number of halogens is 2. The third kappa shape index (κ3) is 3.22. The predicted molar refractivity (Wildman–Crippen MR) is 109 cm³/mol. The van der Waals surface area contributed by atoms with E-state index in [0.29, 0.717) is 17.9 Å². The van der Waals surface area contributed by atoms with Crippen LogP contribution in [0.1, 0.15) is 35.6 Å². The highest BCUT2D eigenvalue weighted by Gasteiger charge is 2.45. The van der Waals surface area contributed by atoms with Crippen LogP contribution in [0, 0.1) is 17.2 Å². The van der Waals surface area contributed by atoms with Gasteiger partial charge in [0.25, 0.3) is 11.1 Å². The lowest BCUT2D eigenvalue weighted by Gasteiger charge is -2.18. The van der Waals surface area contributed by atoms with E-state index in [-0.39, 0.29) is 38.8 Å². The second-order valence-corrected chi connectivity index (χ2v) is 8.18. The monoisotopic (exact) mass is 458 g/mol. The number of ether oxygens (including phenoxy) is 1. The topological polar surface area (TPSA) is 147 Å². The molecule has 0 saturated heterocycles. The smallest absolute Gasteiger partial charge is 0.349 e. The maximum atomic E-state index is 12.2. The molecule has 5 rings (SSSR count). The Hall–Kier alpha value is -3.42. The van der Waals surface area contributed by atoms with Crippen molar-refractivity contribution in [2.24, 2.45) is 5.92 Å². The van der Waals surface area contributed by atoms with Gasteiger partial charge in [0.1, 0.15) is 6.07 Å². The molecule has 31 heavy (non-hydrogen) atoms. The first-order valence-corrected chi connectivity index (χ1v) is 10.1. The maximum absolute atomic E-state index is 12.2. The molecule has 0 bridgehead atoms. The van der Waals surface area contributed by atoms with Gasteiger partial charge in [0.15, 0.2) is 5.75 Å². The molecule has 2 aliphatic rings. The van der Waals surface area contributed by atoms with Gasteiger partial charge in [-0.3, -0.25) is 14.6 Å². The van der Waals surface area contributed by atoms with Crippen molar-refractivity contribution in [3.8, 4) is 23.4 Å². The Morgan fingerprint density at radius 3 is 2.65 bits per heavy atom. The number of fused-ring (bicyclic) bond motifs is 3. The van der Waals surface area contributed by atoms with Crippen LogP contribution in [0.4, 0.5) is 0 Å². The molecule has 0 spiro atoms. The molecule has 1 fully saturated rings. The van der Waals surface area contributed by atoms with Gasteiger partial charge in [0, 0.05) is 11.1 Å². The Balaban J connectivity index is 1.57. The zero-order valence-electron chi connectivity index (χ0n) is 15.6. The van der Waals surface area contributed by atoms with E-state index in [1.807, 2.05) is 4.98 Å². The Labute approximate surface area is 183 Å². The van der Waals surface area contributed by atoms with Crippen LogP contribution >= 0.6 is 23.2 Å². The second-order valence-electron chi connectivity index (χ2n) is 7.36. The molecular weight excluding hydrogens is 447 g/mol. The Morgan fingerprint density at radius 1 is 1.19 bits per heavy atom. The summed E-state index contributed by atoms with van der Waals surface area (Å²) in [6.45, 7) is 0. The van der Waals surface area contributed by atoms with Gasteiger partial charge >= 0.3 is 5.69 Å². The number of H-pyrrole nitrogens is 2. The minimum Gasteiger partial charge on any atom is -0.434 e. The summed E-state index contributed by atoms with van der Waals surface area (Å²) in [6, 6.07) is 4.32. The van der Waals surface area contributed by atoms with Crippen molar-refractivity contribution in [1.29, 1.82) is 5.26 Å². The summed E-state index contributed by atoms with van der Waals surface area (Å²) in [6.07, 6.45) is 2.61. The first-order chi connectivity index (χ1) is 14.9. The van der Waals surface area contributed by atoms with Gasteiger partial charge in [-0.15, -0.1) is 10.2 Å². The first kappa shape index (κ1) is 19.5. The van der Waals surface area contributed by atoms with Crippen molar-refractivity contribution in [1.82, 2.24) is 25.0 Å². The highest BCUT2D eigenvalue weighted by atomic mass is 35.5. The zero-order valence-corrected chi connectivity index (χ0v) is 17.1. The van der Waals surface area contributed by atoms with Crippen molar-refractivity contribution < 1.29 is 4.74 Å². The van der Waals surface area contributed by atoms with Gasteiger partial charge < -0.3 is 4.74 Å². The van der Waals surface area contributed by atoms with Crippen LogP contribution in [-0.2, 0) is 6.42 Å². The van der Waals surface area contributed by atoms with E-state index in [1.165, 1.54) is 12.1 Å². The summed E-state index contributed by atoms with van der Waals surface area (Å²) < 4.78 is 6.71. The number of rotatable bonds is 3. The van der Waals surface area contributed by atoms with Crippen LogP contribution in [0.2, 0.25) is 10.0 Å². The molecule has 0 radical (unpaired) electrons. The molecule has 2 unspecified atom stereocenters. The molecule has 12 heteroatoms. The lowest BCUT2D eigenvalue weighted by Crippen LogP contribution is -2.33. The van der Waals surface area contributed by atoms with Crippen molar-refractivity contribution >= 4 is 23.2 Å². The van der Waals surface area contributed by atoms with Gasteiger partial charge in [-0.25, -0.2) is 9.89 Å². The average Bonchev–Trinajstić information content (AvgIpc) is 3.52. The molecule has 0 aliphatic heterocycles. The number of hydrogen-bond acceptors (Lipinski definition) is 7.